The van der Waals surface area contributed by atoms with Crippen molar-refractivity contribution in [2.24, 2.45) is 0 Å². The van der Waals surface area contributed by atoms with Crippen LogP contribution in [0.25, 0.3) is 16.8 Å². The van der Waals surface area contributed by atoms with E-state index >= 15 is 4.39 Å². The van der Waals surface area contributed by atoms with Crippen LogP contribution in [0.5, 0.6) is 11.5 Å². The molecule has 5 heteroatoms. The molecule has 1 unspecified atom stereocenters. The lowest BCUT2D eigenvalue weighted by Crippen LogP contribution is -2.28. The van der Waals surface area contributed by atoms with Crippen LogP contribution in [0.4, 0.5) is 4.39 Å². The van der Waals surface area contributed by atoms with Gasteiger partial charge >= 0.3 is 0 Å². The minimum absolute atomic E-state index is 0.175. The Balaban J connectivity index is 1.75. The first-order valence-electron chi connectivity index (χ1n) is 10.3. The summed E-state index contributed by atoms with van der Waals surface area (Å²) in [6.45, 7) is 0. The van der Waals surface area contributed by atoms with Crippen molar-refractivity contribution in [3.63, 3.8) is 0 Å². The molecule has 1 aliphatic rings. The van der Waals surface area contributed by atoms with Crippen LogP contribution in [0.1, 0.15) is 23.1 Å². The number of nitrogens with one attached hydrogen (secondary N) is 1. The summed E-state index contributed by atoms with van der Waals surface area (Å²) < 4.78 is 15.2. The van der Waals surface area contributed by atoms with Gasteiger partial charge in [-0.15, -0.1) is 0 Å². The smallest absolute Gasteiger partial charge is 0.127 e. The monoisotopic (exact) mass is 424 g/mol. The SMILES string of the molecule is Oc1ccc(C2=CC(c3ccccc3F)(c3cn[nH]c3-c3ccc(O)cc3)CC=C2)cc1. The van der Waals surface area contributed by atoms with Crippen molar-refractivity contribution in [1.29, 1.82) is 0 Å². The molecular formula is C27H21FN2O2. The molecule has 1 heterocycles. The second-order valence-corrected chi connectivity index (χ2v) is 7.91. The molecule has 0 fully saturated rings. The lowest BCUT2D eigenvalue weighted by molar-refractivity contribution is 0.475. The van der Waals surface area contributed by atoms with E-state index in [0.717, 1.165) is 28.0 Å². The Morgan fingerprint density at radius 1 is 0.812 bits per heavy atom. The highest BCUT2D eigenvalue weighted by Crippen LogP contribution is 2.46. The number of rotatable bonds is 4. The molecule has 1 aliphatic carbocycles. The Hall–Kier alpha value is -4.12. The van der Waals surface area contributed by atoms with E-state index in [1.807, 2.05) is 48.6 Å². The van der Waals surface area contributed by atoms with Gasteiger partial charge in [0.25, 0.3) is 0 Å². The number of phenolic OH excluding ortho intramolecular Hbond substituents is 2. The number of halogens is 1. The first-order valence-corrected chi connectivity index (χ1v) is 10.3. The number of nitrogens with zero attached hydrogens (tertiary/aromatic N) is 1. The van der Waals surface area contributed by atoms with E-state index < -0.39 is 5.41 Å². The number of allylic oxidation sites excluding steroid dienone is 4. The van der Waals surface area contributed by atoms with Gasteiger partial charge in [-0.2, -0.15) is 5.10 Å². The van der Waals surface area contributed by atoms with Crippen molar-refractivity contribution >= 4 is 5.57 Å². The third kappa shape index (κ3) is 3.38. The fourth-order valence-electron chi connectivity index (χ4n) is 4.39. The molecule has 4 aromatic rings. The molecule has 0 saturated carbocycles. The molecule has 5 rings (SSSR count). The maximum atomic E-state index is 15.2. The van der Waals surface area contributed by atoms with Crippen molar-refractivity contribution in [2.45, 2.75) is 11.8 Å². The second-order valence-electron chi connectivity index (χ2n) is 7.91. The fraction of sp³-hybridized carbons (Fsp3) is 0.0741. The first-order chi connectivity index (χ1) is 15.6. The van der Waals surface area contributed by atoms with Crippen molar-refractivity contribution in [3.05, 3.63) is 120 Å². The minimum Gasteiger partial charge on any atom is -0.508 e. The summed E-state index contributed by atoms with van der Waals surface area (Å²) in [6.07, 6.45) is 8.44. The van der Waals surface area contributed by atoms with Crippen molar-refractivity contribution in [3.8, 4) is 22.8 Å². The number of phenols is 2. The number of H-pyrrole nitrogens is 1. The zero-order valence-corrected chi connectivity index (χ0v) is 17.2. The molecule has 0 amide bonds. The van der Waals surface area contributed by atoms with E-state index in [9.17, 15) is 10.2 Å². The first kappa shape index (κ1) is 19.8. The maximum Gasteiger partial charge on any atom is 0.127 e. The summed E-state index contributed by atoms with van der Waals surface area (Å²) >= 11 is 0. The van der Waals surface area contributed by atoms with Gasteiger partial charge in [0.05, 0.1) is 11.9 Å². The Morgan fingerprint density at radius 3 is 2.16 bits per heavy atom. The summed E-state index contributed by atoms with van der Waals surface area (Å²) in [5.41, 5.74) is 4.07. The molecule has 158 valence electrons. The molecule has 0 spiro atoms. The van der Waals surface area contributed by atoms with Crippen molar-refractivity contribution in [2.75, 3.05) is 0 Å². The Bertz CT molecular complexity index is 1320. The molecule has 0 radical (unpaired) electrons. The van der Waals surface area contributed by atoms with E-state index in [1.165, 1.54) is 6.07 Å². The largest absolute Gasteiger partial charge is 0.508 e. The average Bonchev–Trinajstić information content (AvgIpc) is 3.31. The van der Waals surface area contributed by atoms with Crippen LogP contribution in [-0.2, 0) is 5.41 Å². The molecule has 4 nitrogen and oxygen atoms in total. The van der Waals surface area contributed by atoms with E-state index in [1.54, 1.807) is 36.5 Å². The Morgan fingerprint density at radius 2 is 1.47 bits per heavy atom. The maximum absolute atomic E-state index is 15.2. The highest BCUT2D eigenvalue weighted by atomic mass is 19.1. The van der Waals surface area contributed by atoms with E-state index in [2.05, 4.69) is 16.3 Å². The van der Waals surface area contributed by atoms with Crippen LogP contribution in [0, 0.1) is 5.82 Å². The molecule has 1 aromatic heterocycles. The topological polar surface area (TPSA) is 69.1 Å². The van der Waals surface area contributed by atoms with Gasteiger partial charge in [-0.05, 0) is 60.0 Å². The Kier molecular flexibility index (Phi) is 4.86. The molecule has 0 bridgehead atoms. The van der Waals surface area contributed by atoms with Crippen LogP contribution < -0.4 is 0 Å². The van der Waals surface area contributed by atoms with Crippen molar-refractivity contribution in [1.82, 2.24) is 10.2 Å². The van der Waals surface area contributed by atoms with Gasteiger partial charge in [0, 0.05) is 22.1 Å². The summed E-state index contributed by atoms with van der Waals surface area (Å²) in [4.78, 5) is 0. The van der Waals surface area contributed by atoms with E-state index in [4.69, 9.17) is 0 Å². The van der Waals surface area contributed by atoms with Crippen LogP contribution >= 0.6 is 0 Å². The van der Waals surface area contributed by atoms with Gasteiger partial charge in [0.15, 0.2) is 0 Å². The highest BCUT2D eigenvalue weighted by molar-refractivity contribution is 5.80. The van der Waals surface area contributed by atoms with Gasteiger partial charge < -0.3 is 10.2 Å². The third-order valence-corrected chi connectivity index (χ3v) is 5.97. The predicted octanol–water partition coefficient (Wildman–Crippen LogP) is 5.96. The molecule has 0 saturated heterocycles. The normalized spacial score (nSPS) is 17.8. The number of hydrogen-bond acceptors (Lipinski definition) is 3. The molecular weight excluding hydrogens is 403 g/mol. The van der Waals surface area contributed by atoms with Crippen LogP contribution in [0.2, 0.25) is 0 Å². The summed E-state index contributed by atoms with van der Waals surface area (Å²) in [6, 6.07) is 20.7. The van der Waals surface area contributed by atoms with Gasteiger partial charge in [-0.3, -0.25) is 5.10 Å². The summed E-state index contributed by atoms with van der Waals surface area (Å²) in [5.74, 6) is 0.0784. The van der Waals surface area contributed by atoms with Gasteiger partial charge in [0.1, 0.15) is 17.3 Å². The summed E-state index contributed by atoms with van der Waals surface area (Å²) in [7, 11) is 0. The standard InChI is InChI=1S/C27H21FN2O2/c28-25-6-2-1-5-23(25)27(15-3-4-20(16-27)18-7-11-21(31)12-8-18)24-17-29-30-26(24)19-9-13-22(32)14-10-19/h1-14,16-17,31-32H,15H2,(H,29,30). The lowest BCUT2D eigenvalue weighted by Gasteiger charge is -2.34. The number of hydrogen-bond donors (Lipinski definition) is 3. The highest BCUT2D eigenvalue weighted by Gasteiger charge is 2.38. The number of aromatic nitrogens is 2. The molecule has 0 aliphatic heterocycles. The molecule has 32 heavy (non-hydrogen) atoms. The second kappa shape index (κ2) is 7.85. The third-order valence-electron chi connectivity index (χ3n) is 5.97. The van der Waals surface area contributed by atoms with Crippen LogP contribution in [0.15, 0.2) is 97.2 Å². The molecule has 3 aromatic carbocycles. The van der Waals surface area contributed by atoms with E-state index in [0.29, 0.717) is 12.0 Å². The van der Waals surface area contributed by atoms with E-state index in [-0.39, 0.29) is 17.3 Å². The summed E-state index contributed by atoms with van der Waals surface area (Å²) in [5, 5.41) is 26.8. The van der Waals surface area contributed by atoms with Crippen molar-refractivity contribution < 1.29 is 14.6 Å². The van der Waals surface area contributed by atoms with Crippen LogP contribution in [-0.4, -0.2) is 20.4 Å². The average molecular weight is 424 g/mol. The van der Waals surface area contributed by atoms with Gasteiger partial charge in [-0.25, -0.2) is 4.39 Å². The number of aromatic hydroxyl groups is 2. The fourth-order valence-corrected chi connectivity index (χ4v) is 4.39. The molecule has 1 atom stereocenters. The zero-order valence-electron chi connectivity index (χ0n) is 17.2. The van der Waals surface area contributed by atoms with Crippen LogP contribution in [0.3, 0.4) is 0 Å². The number of benzene rings is 3. The Labute approximate surface area is 185 Å². The quantitative estimate of drug-likeness (QED) is 0.379. The lowest BCUT2D eigenvalue weighted by atomic mass is 9.68. The predicted molar refractivity (Wildman–Crippen MR) is 123 cm³/mol. The van der Waals surface area contributed by atoms with Gasteiger partial charge in [0.2, 0.25) is 0 Å². The zero-order chi connectivity index (χ0) is 22.1. The van der Waals surface area contributed by atoms with Gasteiger partial charge in [-0.1, -0.05) is 48.6 Å². The minimum atomic E-state index is -0.798. The number of aromatic amines is 1. The molecule has 3 N–H and O–H groups in total.